The number of nitrogens with two attached hydrogens (primary N) is 1. The maximum atomic E-state index is 13.0. The topological polar surface area (TPSA) is 122 Å². The van der Waals surface area contributed by atoms with Crippen LogP contribution in [0.1, 0.15) is 37.0 Å². The standard InChI is InChI=1S/C18H27N3O4.C2H4O2/c1-14(22)20-9-5-10-21(12-11-20)18(23)15-6-3-7-16(24-2)17(15)25-13-4-8-19;1-2(3)4/h3,6-7H,4-5,8-13,19H2,1-2H3;1H3,(H,3,4). The molecule has 0 aromatic heterocycles. The van der Waals surface area contributed by atoms with Gasteiger partial charge in [-0.1, -0.05) is 6.07 Å². The molecule has 1 saturated heterocycles. The van der Waals surface area contributed by atoms with Crippen LogP contribution < -0.4 is 15.2 Å². The third-order valence-electron chi connectivity index (χ3n) is 4.25. The quantitative estimate of drug-likeness (QED) is 0.677. The highest BCUT2D eigenvalue weighted by Crippen LogP contribution is 2.32. The van der Waals surface area contributed by atoms with E-state index in [1.54, 1.807) is 42.0 Å². The minimum Gasteiger partial charge on any atom is -0.493 e. The summed E-state index contributed by atoms with van der Waals surface area (Å²) in [4.78, 5) is 37.1. The first kappa shape index (κ1) is 24.2. The Labute approximate surface area is 171 Å². The number of carbonyl (C=O) groups is 3. The summed E-state index contributed by atoms with van der Waals surface area (Å²) in [5, 5.41) is 7.42. The minimum atomic E-state index is -0.833. The van der Waals surface area contributed by atoms with E-state index in [9.17, 15) is 9.59 Å². The fourth-order valence-corrected chi connectivity index (χ4v) is 2.86. The molecule has 2 rings (SSSR count). The van der Waals surface area contributed by atoms with E-state index in [-0.39, 0.29) is 11.8 Å². The molecule has 9 heteroatoms. The predicted molar refractivity (Wildman–Crippen MR) is 108 cm³/mol. The van der Waals surface area contributed by atoms with Crippen LogP contribution in [0.15, 0.2) is 18.2 Å². The van der Waals surface area contributed by atoms with E-state index in [4.69, 9.17) is 25.1 Å². The number of hydrogen-bond acceptors (Lipinski definition) is 6. The van der Waals surface area contributed by atoms with Gasteiger partial charge in [-0.25, -0.2) is 0 Å². The highest BCUT2D eigenvalue weighted by Gasteiger charge is 2.25. The molecule has 29 heavy (non-hydrogen) atoms. The van der Waals surface area contributed by atoms with Crippen LogP contribution >= 0.6 is 0 Å². The van der Waals surface area contributed by atoms with Gasteiger partial charge in [0.2, 0.25) is 5.91 Å². The van der Waals surface area contributed by atoms with Gasteiger partial charge < -0.3 is 30.1 Å². The Kier molecular flexibility index (Phi) is 10.5. The van der Waals surface area contributed by atoms with Gasteiger partial charge in [-0.3, -0.25) is 14.4 Å². The molecular weight excluding hydrogens is 378 g/mol. The van der Waals surface area contributed by atoms with E-state index in [2.05, 4.69) is 0 Å². The van der Waals surface area contributed by atoms with Crippen LogP contribution in [0.2, 0.25) is 0 Å². The number of carbonyl (C=O) groups excluding carboxylic acids is 2. The molecule has 0 atom stereocenters. The zero-order chi connectivity index (χ0) is 21.8. The molecule has 162 valence electrons. The molecule has 1 aromatic rings. The van der Waals surface area contributed by atoms with Gasteiger partial charge in [0.25, 0.3) is 11.9 Å². The number of rotatable bonds is 6. The van der Waals surface area contributed by atoms with Gasteiger partial charge in [0.1, 0.15) is 0 Å². The lowest BCUT2D eigenvalue weighted by atomic mass is 10.1. The zero-order valence-corrected chi connectivity index (χ0v) is 17.3. The molecule has 9 nitrogen and oxygen atoms in total. The van der Waals surface area contributed by atoms with Crippen LogP contribution in [0.4, 0.5) is 0 Å². The molecule has 0 unspecified atom stereocenters. The van der Waals surface area contributed by atoms with Gasteiger partial charge in [-0.2, -0.15) is 0 Å². The van der Waals surface area contributed by atoms with Crippen molar-refractivity contribution in [2.24, 2.45) is 5.73 Å². The van der Waals surface area contributed by atoms with Gasteiger partial charge >= 0.3 is 0 Å². The minimum absolute atomic E-state index is 0.0430. The van der Waals surface area contributed by atoms with Crippen LogP contribution in [0.25, 0.3) is 0 Å². The van der Waals surface area contributed by atoms with E-state index < -0.39 is 5.97 Å². The third-order valence-corrected chi connectivity index (χ3v) is 4.25. The number of hydrogen-bond donors (Lipinski definition) is 2. The molecule has 2 amide bonds. The number of aliphatic carboxylic acids is 1. The summed E-state index contributed by atoms with van der Waals surface area (Å²) in [5.74, 6) is 0.0905. The van der Waals surface area contributed by atoms with Gasteiger partial charge in [0, 0.05) is 40.0 Å². The maximum Gasteiger partial charge on any atom is 0.300 e. The van der Waals surface area contributed by atoms with E-state index in [0.717, 1.165) is 13.3 Å². The van der Waals surface area contributed by atoms with Crippen molar-refractivity contribution in [2.75, 3.05) is 46.4 Å². The van der Waals surface area contributed by atoms with Crippen molar-refractivity contribution in [1.82, 2.24) is 9.80 Å². The number of benzene rings is 1. The lowest BCUT2D eigenvalue weighted by Crippen LogP contribution is -2.36. The van der Waals surface area contributed by atoms with Gasteiger partial charge in [0.15, 0.2) is 11.5 Å². The molecular formula is C20H31N3O6. The highest BCUT2D eigenvalue weighted by atomic mass is 16.5. The summed E-state index contributed by atoms with van der Waals surface area (Å²) in [6.07, 6.45) is 1.46. The number of ether oxygens (including phenoxy) is 2. The molecule has 3 N–H and O–H groups in total. The average Bonchev–Trinajstić information content (AvgIpc) is 2.93. The van der Waals surface area contributed by atoms with Crippen LogP contribution in [0.5, 0.6) is 11.5 Å². The summed E-state index contributed by atoms with van der Waals surface area (Å²) >= 11 is 0. The molecule has 0 saturated carbocycles. The number of para-hydroxylation sites is 1. The molecule has 1 fully saturated rings. The molecule has 1 aromatic carbocycles. The van der Waals surface area contributed by atoms with Crippen molar-refractivity contribution in [1.29, 1.82) is 0 Å². The van der Waals surface area contributed by atoms with Crippen molar-refractivity contribution in [3.63, 3.8) is 0 Å². The fraction of sp³-hybridized carbons (Fsp3) is 0.550. The molecule has 1 aliphatic heterocycles. The van der Waals surface area contributed by atoms with Crippen LogP contribution in [-0.2, 0) is 9.59 Å². The second-order valence-corrected chi connectivity index (χ2v) is 6.50. The Morgan fingerprint density at radius 1 is 1.10 bits per heavy atom. The van der Waals surface area contributed by atoms with E-state index in [0.29, 0.717) is 62.8 Å². The van der Waals surface area contributed by atoms with Crippen LogP contribution in [0.3, 0.4) is 0 Å². The van der Waals surface area contributed by atoms with E-state index in [1.807, 2.05) is 0 Å². The van der Waals surface area contributed by atoms with Crippen LogP contribution in [0, 0.1) is 0 Å². The Balaban J connectivity index is 0.000000960. The first-order chi connectivity index (χ1) is 13.8. The molecule has 1 heterocycles. The first-order valence-electron chi connectivity index (χ1n) is 9.56. The smallest absolute Gasteiger partial charge is 0.300 e. The summed E-state index contributed by atoms with van der Waals surface area (Å²) in [6.45, 7) is 5.94. The summed E-state index contributed by atoms with van der Waals surface area (Å²) in [5.41, 5.74) is 5.99. The molecule has 0 radical (unpaired) electrons. The van der Waals surface area contributed by atoms with Crippen molar-refractivity contribution >= 4 is 17.8 Å². The monoisotopic (exact) mass is 409 g/mol. The van der Waals surface area contributed by atoms with Crippen molar-refractivity contribution < 1.29 is 29.0 Å². The Bertz CT molecular complexity index is 691. The number of methoxy groups -OCH3 is 1. The number of amides is 2. The number of carboxylic acid groups (broad SMARTS) is 1. The van der Waals surface area contributed by atoms with Gasteiger partial charge in [-0.15, -0.1) is 0 Å². The molecule has 0 spiro atoms. The maximum absolute atomic E-state index is 13.0. The highest BCUT2D eigenvalue weighted by molar-refractivity contribution is 5.98. The van der Waals surface area contributed by atoms with E-state index in [1.165, 1.54) is 0 Å². The largest absolute Gasteiger partial charge is 0.493 e. The Hall–Kier alpha value is -2.81. The summed E-state index contributed by atoms with van der Waals surface area (Å²) in [6, 6.07) is 5.30. The lowest BCUT2D eigenvalue weighted by molar-refractivity contribution is -0.134. The SMILES string of the molecule is CC(=O)O.COc1cccc(C(=O)N2CCCN(C(C)=O)CC2)c1OCCCN. The average molecular weight is 409 g/mol. The normalized spacial score (nSPS) is 13.7. The second-order valence-electron chi connectivity index (χ2n) is 6.50. The van der Waals surface area contributed by atoms with Crippen LogP contribution in [-0.4, -0.2) is 79.1 Å². The van der Waals surface area contributed by atoms with Crippen molar-refractivity contribution in [2.45, 2.75) is 26.7 Å². The predicted octanol–water partition coefficient (Wildman–Crippen LogP) is 1.21. The summed E-state index contributed by atoms with van der Waals surface area (Å²) in [7, 11) is 1.55. The second kappa shape index (κ2) is 12.6. The molecule has 1 aliphatic rings. The zero-order valence-electron chi connectivity index (χ0n) is 17.3. The number of carboxylic acids is 1. The van der Waals surface area contributed by atoms with Crippen molar-refractivity contribution in [3.8, 4) is 11.5 Å². The Morgan fingerprint density at radius 3 is 2.31 bits per heavy atom. The van der Waals surface area contributed by atoms with E-state index >= 15 is 0 Å². The van der Waals surface area contributed by atoms with Gasteiger partial charge in [0.05, 0.1) is 19.3 Å². The Morgan fingerprint density at radius 2 is 1.72 bits per heavy atom. The first-order valence-corrected chi connectivity index (χ1v) is 9.56. The fourth-order valence-electron chi connectivity index (χ4n) is 2.86. The third kappa shape index (κ3) is 7.98. The number of nitrogens with zero attached hydrogens (tertiary/aromatic N) is 2. The lowest BCUT2D eigenvalue weighted by Gasteiger charge is -2.23. The van der Waals surface area contributed by atoms with Crippen molar-refractivity contribution in [3.05, 3.63) is 23.8 Å². The van der Waals surface area contributed by atoms with Gasteiger partial charge in [-0.05, 0) is 31.5 Å². The molecule has 0 aliphatic carbocycles. The molecule has 0 bridgehead atoms. The summed E-state index contributed by atoms with van der Waals surface area (Å²) < 4.78 is 11.1.